The molecule has 0 spiro atoms. The van der Waals surface area contributed by atoms with Crippen molar-refractivity contribution in [1.82, 2.24) is 9.21 Å². The number of nitrogens with two attached hydrogens (primary N) is 1. The maximum atomic E-state index is 13.3. The topological polar surface area (TPSA) is 126 Å². The molecule has 0 aliphatic carbocycles. The summed E-state index contributed by atoms with van der Waals surface area (Å²) < 4.78 is 32.4. The molecule has 9 nitrogen and oxygen atoms in total. The van der Waals surface area contributed by atoms with E-state index in [1.165, 1.54) is 26.2 Å². The quantitative estimate of drug-likeness (QED) is 0.480. The highest BCUT2D eigenvalue weighted by Gasteiger charge is 2.29. The lowest BCUT2D eigenvalue weighted by Crippen LogP contribution is -2.44. The Morgan fingerprint density at radius 1 is 1.14 bits per heavy atom. The molecule has 1 unspecified atom stereocenters. The van der Waals surface area contributed by atoms with Gasteiger partial charge in [-0.2, -0.15) is 0 Å². The fraction of sp³-hybridized carbons (Fsp3) is 0.308. The van der Waals surface area contributed by atoms with Crippen LogP contribution >= 0.6 is 0 Å². The molecule has 1 fully saturated rings. The Hall–Kier alpha value is -3.63. The molecule has 1 aliphatic heterocycles. The zero-order chi connectivity index (χ0) is 25.9. The average molecular weight is 511 g/mol. The minimum atomic E-state index is -3.79. The third-order valence-corrected chi connectivity index (χ3v) is 8.07. The van der Waals surface area contributed by atoms with Gasteiger partial charge in [-0.3, -0.25) is 9.59 Å². The minimum Gasteiger partial charge on any atom is -0.464 e. The Kier molecular flexibility index (Phi) is 7.46. The van der Waals surface area contributed by atoms with Gasteiger partial charge in [-0.05, 0) is 54.8 Å². The zero-order valence-electron chi connectivity index (χ0n) is 20.3. The largest absolute Gasteiger partial charge is 0.464 e. The Morgan fingerprint density at radius 3 is 2.64 bits per heavy atom. The molecular formula is C26H30N4O5S. The lowest BCUT2D eigenvalue weighted by molar-refractivity contribution is -0.123. The van der Waals surface area contributed by atoms with Gasteiger partial charge >= 0.3 is 0 Å². The summed E-state index contributed by atoms with van der Waals surface area (Å²) in [7, 11) is -0.906. The van der Waals surface area contributed by atoms with Crippen LogP contribution in [0.3, 0.4) is 0 Å². The van der Waals surface area contributed by atoms with Gasteiger partial charge in [0.25, 0.3) is 5.91 Å². The minimum absolute atomic E-state index is 0.00801. The Labute approximate surface area is 210 Å². The van der Waals surface area contributed by atoms with Crippen molar-refractivity contribution >= 4 is 27.5 Å². The number of amides is 2. The molecule has 1 atom stereocenters. The molecule has 2 amide bonds. The summed E-state index contributed by atoms with van der Waals surface area (Å²) in [6.07, 6.45) is 2.91. The molecular weight excluding hydrogens is 480 g/mol. The second kappa shape index (κ2) is 10.5. The molecule has 0 radical (unpaired) electrons. The SMILES string of the molecule is CN(C)S(=O)(=O)c1cc(NCc2cccc(-c3ccco3)c2)cc(C(=O)N2CCCC(C(N)=O)C2)c1. The van der Waals surface area contributed by atoms with Crippen molar-refractivity contribution in [1.29, 1.82) is 0 Å². The fourth-order valence-corrected chi connectivity index (χ4v) is 5.22. The lowest BCUT2D eigenvalue weighted by atomic mass is 9.97. The van der Waals surface area contributed by atoms with Gasteiger partial charge in [0.15, 0.2) is 0 Å². The van der Waals surface area contributed by atoms with Crippen LogP contribution in [0, 0.1) is 5.92 Å². The van der Waals surface area contributed by atoms with Gasteiger partial charge in [-0.15, -0.1) is 0 Å². The number of rotatable bonds is 8. The van der Waals surface area contributed by atoms with E-state index in [-0.39, 0.29) is 22.9 Å². The number of likely N-dealkylation sites (tertiary alicyclic amines) is 1. The third kappa shape index (κ3) is 5.60. The molecule has 0 saturated carbocycles. The van der Waals surface area contributed by atoms with Crippen molar-refractivity contribution in [2.45, 2.75) is 24.3 Å². The van der Waals surface area contributed by atoms with Crippen LogP contribution in [0.4, 0.5) is 5.69 Å². The number of nitrogens with one attached hydrogen (secondary N) is 1. The first-order valence-electron chi connectivity index (χ1n) is 11.7. The van der Waals surface area contributed by atoms with Crippen LogP contribution < -0.4 is 11.1 Å². The number of sulfonamides is 1. The van der Waals surface area contributed by atoms with E-state index in [0.29, 0.717) is 31.6 Å². The molecule has 10 heteroatoms. The highest BCUT2D eigenvalue weighted by Crippen LogP contribution is 2.26. The van der Waals surface area contributed by atoms with E-state index in [9.17, 15) is 18.0 Å². The zero-order valence-corrected chi connectivity index (χ0v) is 21.1. The van der Waals surface area contributed by atoms with Crippen molar-refractivity contribution in [3.63, 3.8) is 0 Å². The van der Waals surface area contributed by atoms with Gasteiger partial charge in [-0.25, -0.2) is 12.7 Å². The number of benzene rings is 2. The number of hydrogen-bond donors (Lipinski definition) is 2. The van der Waals surface area contributed by atoms with Crippen molar-refractivity contribution in [2.24, 2.45) is 11.7 Å². The molecule has 3 aromatic rings. The van der Waals surface area contributed by atoms with E-state index in [4.69, 9.17) is 10.2 Å². The average Bonchev–Trinajstić information content (AvgIpc) is 3.42. The molecule has 2 heterocycles. The summed E-state index contributed by atoms with van der Waals surface area (Å²) in [6.45, 7) is 1.11. The van der Waals surface area contributed by atoms with E-state index < -0.39 is 21.8 Å². The Bertz CT molecular complexity index is 1350. The van der Waals surface area contributed by atoms with Crippen molar-refractivity contribution in [3.05, 3.63) is 72.0 Å². The summed E-state index contributed by atoms with van der Waals surface area (Å²) >= 11 is 0. The molecule has 1 aromatic heterocycles. The highest BCUT2D eigenvalue weighted by atomic mass is 32.2. The van der Waals surface area contributed by atoms with Gasteiger partial charge in [-0.1, -0.05) is 18.2 Å². The van der Waals surface area contributed by atoms with Crippen molar-refractivity contribution in [2.75, 3.05) is 32.5 Å². The van der Waals surface area contributed by atoms with Crippen LogP contribution in [0.2, 0.25) is 0 Å². The van der Waals surface area contributed by atoms with Gasteiger partial charge in [0, 0.05) is 50.5 Å². The van der Waals surface area contributed by atoms with Crippen LogP contribution in [0.25, 0.3) is 11.3 Å². The van der Waals surface area contributed by atoms with E-state index in [1.54, 1.807) is 17.2 Å². The maximum Gasteiger partial charge on any atom is 0.253 e. The van der Waals surface area contributed by atoms with Crippen LogP contribution in [-0.2, 0) is 21.4 Å². The second-order valence-electron chi connectivity index (χ2n) is 9.06. The van der Waals surface area contributed by atoms with E-state index >= 15 is 0 Å². The predicted molar refractivity (Wildman–Crippen MR) is 137 cm³/mol. The molecule has 3 N–H and O–H groups in total. The summed E-state index contributed by atoms with van der Waals surface area (Å²) in [4.78, 5) is 26.6. The normalized spacial score (nSPS) is 16.2. The van der Waals surface area contributed by atoms with Crippen LogP contribution in [0.5, 0.6) is 0 Å². The molecule has 4 rings (SSSR count). The number of piperidine rings is 1. The first-order valence-corrected chi connectivity index (χ1v) is 13.1. The Morgan fingerprint density at radius 2 is 1.94 bits per heavy atom. The smallest absolute Gasteiger partial charge is 0.253 e. The number of hydrogen-bond acceptors (Lipinski definition) is 6. The lowest BCUT2D eigenvalue weighted by Gasteiger charge is -2.31. The first kappa shape index (κ1) is 25.5. The first-order chi connectivity index (χ1) is 17.1. The van der Waals surface area contributed by atoms with Gasteiger partial charge in [0.05, 0.1) is 17.1 Å². The number of carbonyl (C=O) groups is 2. The van der Waals surface area contributed by atoms with Crippen LogP contribution in [0.15, 0.2) is 70.2 Å². The number of nitrogens with zero attached hydrogens (tertiary/aromatic N) is 2. The molecule has 1 saturated heterocycles. The van der Waals surface area contributed by atoms with Crippen LogP contribution in [-0.4, -0.2) is 56.6 Å². The standard InChI is InChI=1S/C26H30N4O5S/c1-29(2)36(33,34)23-14-21(26(32)30-10-4-8-20(17-30)25(27)31)13-22(15-23)28-16-18-6-3-7-19(12-18)24-9-5-11-35-24/h3,5-7,9,11-15,20,28H,4,8,10,16-17H2,1-2H3,(H2,27,31). The summed E-state index contributed by atoms with van der Waals surface area (Å²) in [5, 5.41) is 3.25. The third-order valence-electron chi connectivity index (χ3n) is 6.27. The fourth-order valence-electron chi connectivity index (χ4n) is 4.24. The van der Waals surface area contributed by atoms with Gasteiger partial charge in [0.2, 0.25) is 15.9 Å². The summed E-state index contributed by atoms with van der Waals surface area (Å²) in [5.41, 5.74) is 8.07. The molecule has 0 bridgehead atoms. The van der Waals surface area contributed by atoms with Crippen molar-refractivity contribution in [3.8, 4) is 11.3 Å². The molecule has 1 aliphatic rings. The number of carbonyl (C=O) groups excluding carboxylic acids is 2. The summed E-state index contributed by atoms with van der Waals surface area (Å²) in [5.74, 6) is -0.426. The highest BCUT2D eigenvalue weighted by molar-refractivity contribution is 7.89. The molecule has 190 valence electrons. The van der Waals surface area contributed by atoms with E-state index in [0.717, 1.165) is 21.2 Å². The van der Waals surface area contributed by atoms with E-state index in [1.807, 2.05) is 36.4 Å². The second-order valence-corrected chi connectivity index (χ2v) is 11.2. The Balaban J connectivity index is 1.62. The molecule has 2 aromatic carbocycles. The van der Waals surface area contributed by atoms with Gasteiger partial charge < -0.3 is 20.4 Å². The van der Waals surface area contributed by atoms with Gasteiger partial charge in [0.1, 0.15) is 5.76 Å². The number of anilines is 1. The maximum absolute atomic E-state index is 13.3. The van der Waals surface area contributed by atoms with Crippen molar-refractivity contribution < 1.29 is 22.4 Å². The van der Waals surface area contributed by atoms with Crippen LogP contribution in [0.1, 0.15) is 28.8 Å². The monoisotopic (exact) mass is 510 g/mol. The van der Waals surface area contributed by atoms with E-state index in [2.05, 4.69) is 5.32 Å². The number of furan rings is 1. The molecule has 36 heavy (non-hydrogen) atoms. The summed E-state index contributed by atoms with van der Waals surface area (Å²) in [6, 6.07) is 16.0. The number of primary amides is 1. The predicted octanol–water partition coefficient (Wildman–Crippen LogP) is 3.15.